The molecule has 2 aromatic rings. The Labute approximate surface area is 92.5 Å². The van der Waals surface area contributed by atoms with E-state index in [1.807, 2.05) is 6.92 Å². The van der Waals surface area contributed by atoms with Crippen LogP contribution in [0.15, 0.2) is 16.6 Å². The van der Waals surface area contributed by atoms with Gasteiger partial charge in [0, 0.05) is 4.47 Å². The third kappa shape index (κ3) is 1.53. The first-order chi connectivity index (χ1) is 6.58. The van der Waals surface area contributed by atoms with Crippen LogP contribution in [0.3, 0.4) is 0 Å². The first kappa shape index (κ1) is 9.61. The molecule has 1 aromatic heterocycles. The van der Waals surface area contributed by atoms with Gasteiger partial charge in [-0.05, 0) is 35.0 Å². The Morgan fingerprint density at radius 2 is 2.29 bits per heavy atom. The smallest absolute Gasteiger partial charge is 0.336 e. The SMILES string of the molecule is Cc1nc2cc(C(=O)O)c(Br)cc2s1. The van der Waals surface area contributed by atoms with E-state index in [0.717, 1.165) is 15.2 Å². The molecular weight excluding hydrogens is 266 g/mol. The average molecular weight is 272 g/mol. The molecule has 0 bridgehead atoms. The lowest BCUT2D eigenvalue weighted by atomic mass is 10.2. The molecule has 0 spiro atoms. The molecule has 0 saturated heterocycles. The predicted octanol–water partition coefficient (Wildman–Crippen LogP) is 3.07. The lowest BCUT2D eigenvalue weighted by Crippen LogP contribution is -1.96. The van der Waals surface area contributed by atoms with Crippen molar-refractivity contribution < 1.29 is 9.90 Å². The second-order valence-corrected chi connectivity index (χ2v) is 4.93. The Kier molecular flexibility index (Phi) is 2.28. The number of carboxylic acids is 1. The van der Waals surface area contributed by atoms with Crippen LogP contribution >= 0.6 is 27.3 Å². The van der Waals surface area contributed by atoms with Gasteiger partial charge in [0.25, 0.3) is 0 Å². The van der Waals surface area contributed by atoms with Crippen LogP contribution < -0.4 is 0 Å². The zero-order chi connectivity index (χ0) is 10.3. The molecule has 1 N–H and O–H groups in total. The summed E-state index contributed by atoms with van der Waals surface area (Å²) in [6.45, 7) is 1.90. The second-order valence-electron chi connectivity index (χ2n) is 2.84. The van der Waals surface area contributed by atoms with E-state index in [1.165, 1.54) is 0 Å². The standard InChI is InChI=1S/C9H6BrNO2S/c1-4-11-7-2-5(9(12)13)6(10)3-8(7)14-4/h2-3H,1H3,(H,12,13). The van der Waals surface area contributed by atoms with Crippen LogP contribution in [0, 0.1) is 6.92 Å². The van der Waals surface area contributed by atoms with Crippen LogP contribution in [0.1, 0.15) is 15.4 Å². The maximum absolute atomic E-state index is 10.8. The summed E-state index contributed by atoms with van der Waals surface area (Å²) < 4.78 is 1.60. The van der Waals surface area contributed by atoms with Gasteiger partial charge in [0.2, 0.25) is 0 Å². The number of benzene rings is 1. The monoisotopic (exact) mass is 271 g/mol. The molecule has 0 atom stereocenters. The van der Waals surface area contributed by atoms with Gasteiger partial charge < -0.3 is 5.11 Å². The van der Waals surface area contributed by atoms with Crippen molar-refractivity contribution in [2.45, 2.75) is 6.92 Å². The zero-order valence-electron chi connectivity index (χ0n) is 7.24. The van der Waals surface area contributed by atoms with Crippen molar-refractivity contribution in [3.05, 3.63) is 27.2 Å². The van der Waals surface area contributed by atoms with Crippen molar-refractivity contribution >= 4 is 43.5 Å². The number of hydrogen-bond donors (Lipinski definition) is 1. The number of rotatable bonds is 1. The molecule has 3 nitrogen and oxygen atoms in total. The number of thiazole rings is 1. The molecule has 0 amide bonds. The number of aromatic carboxylic acids is 1. The Hall–Kier alpha value is -0.940. The average Bonchev–Trinajstić information content (AvgIpc) is 2.42. The largest absolute Gasteiger partial charge is 0.478 e. The summed E-state index contributed by atoms with van der Waals surface area (Å²) in [5.74, 6) is -0.940. The summed E-state index contributed by atoms with van der Waals surface area (Å²) in [6, 6.07) is 3.38. The molecule has 72 valence electrons. The Morgan fingerprint density at radius 1 is 1.57 bits per heavy atom. The van der Waals surface area contributed by atoms with Gasteiger partial charge >= 0.3 is 5.97 Å². The summed E-state index contributed by atoms with van der Waals surface area (Å²) in [7, 11) is 0. The minimum atomic E-state index is -0.940. The van der Waals surface area contributed by atoms with Crippen molar-refractivity contribution in [3.8, 4) is 0 Å². The fourth-order valence-corrected chi connectivity index (χ4v) is 2.74. The normalized spacial score (nSPS) is 10.7. The molecule has 0 aliphatic carbocycles. The highest BCUT2D eigenvalue weighted by molar-refractivity contribution is 9.10. The van der Waals surface area contributed by atoms with E-state index in [2.05, 4.69) is 20.9 Å². The van der Waals surface area contributed by atoms with Crippen LogP contribution in [-0.2, 0) is 0 Å². The molecule has 0 aliphatic rings. The van der Waals surface area contributed by atoms with E-state index >= 15 is 0 Å². The lowest BCUT2D eigenvalue weighted by Gasteiger charge is -1.97. The first-order valence-corrected chi connectivity index (χ1v) is 5.49. The van der Waals surface area contributed by atoms with Crippen LogP contribution in [0.5, 0.6) is 0 Å². The Morgan fingerprint density at radius 3 is 2.93 bits per heavy atom. The van der Waals surface area contributed by atoms with Gasteiger partial charge in [-0.1, -0.05) is 0 Å². The highest BCUT2D eigenvalue weighted by Crippen LogP contribution is 2.28. The number of carboxylic acid groups (broad SMARTS) is 1. The summed E-state index contributed by atoms with van der Waals surface area (Å²) >= 11 is 4.78. The van der Waals surface area contributed by atoms with Crippen molar-refractivity contribution in [2.24, 2.45) is 0 Å². The minimum Gasteiger partial charge on any atom is -0.478 e. The predicted molar refractivity (Wildman–Crippen MR) is 59.0 cm³/mol. The summed E-state index contributed by atoms with van der Waals surface area (Å²) in [4.78, 5) is 15.0. The van der Waals surface area contributed by atoms with Crippen molar-refractivity contribution in [2.75, 3.05) is 0 Å². The first-order valence-electron chi connectivity index (χ1n) is 3.88. The fourth-order valence-electron chi connectivity index (χ4n) is 1.23. The molecule has 0 fully saturated rings. The van der Waals surface area contributed by atoms with Gasteiger partial charge in [-0.2, -0.15) is 0 Å². The van der Waals surface area contributed by atoms with Crippen LogP contribution in [0.4, 0.5) is 0 Å². The number of carbonyl (C=O) groups is 1. The van der Waals surface area contributed by atoms with Gasteiger partial charge in [0.05, 0.1) is 20.8 Å². The summed E-state index contributed by atoms with van der Waals surface area (Å²) in [5, 5.41) is 9.82. The van der Waals surface area contributed by atoms with Gasteiger partial charge in [-0.15, -0.1) is 11.3 Å². The molecule has 0 saturated carbocycles. The number of hydrogen-bond acceptors (Lipinski definition) is 3. The molecule has 2 rings (SSSR count). The van der Waals surface area contributed by atoms with E-state index in [9.17, 15) is 4.79 Å². The highest BCUT2D eigenvalue weighted by atomic mass is 79.9. The number of halogens is 1. The lowest BCUT2D eigenvalue weighted by molar-refractivity contribution is 0.0696. The second kappa shape index (κ2) is 3.33. The molecule has 5 heteroatoms. The molecule has 0 radical (unpaired) electrons. The Balaban J connectivity index is 2.76. The number of fused-ring (bicyclic) bond motifs is 1. The molecule has 0 unspecified atom stereocenters. The summed E-state index contributed by atoms with van der Waals surface area (Å²) in [5.41, 5.74) is 0.996. The number of aromatic nitrogens is 1. The van der Waals surface area contributed by atoms with Gasteiger partial charge in [0.15, 0.2) is 0 Å². The topological polar surface area (TPSA) is 50.2 Å². The van der Waals surface area contributed by atoms with E-state index in [4.69, 9.17) is 5.11 Å². The highest BCUT2D eigenvalue weighted by Gasteiger charge is 2.11. The Bertz CT molecular complexity index is 521. The van der Waals surface area contributed by atoms with E-state index in [0.29, 0.717) is 4.47 Å². The molecule has 0 aliphatic heterocycles. The van der Waals surface area contributed by atoms with Crippen LogP contribution in [-0.4, -0.2) is 16.1 Å². The zero-order valence-corrected chi connectivity index (χ0v) is 9.65. The van der Waals surface area contributed by atoms with E-state index in [-0.39, 0.29) is 5.56 Å². The van der Waals surface area contributed by atoms with Crippen molar-refractivity contribution in [1.82, 2.24) is 4.98 Å². The van der Waals surface area contributed by atoms with Crippen LogP contribution in [0.25, 0.3) is 10.2 Å². The van der Waals surface area contributed by atoms with Gasteiger partial charge in [0.1, 0.15) is 0 Å². The number of nitrogens with zero attached hydrogens (tertiary/aromatic N) is 1. The third-order valence-corrected chi connectivity index (χ3v) is 3.40. The maximum Gasteiger partial charge on any atom is 0.336 e. The van der Waals surface area contributed by atoms with Gasteiger partial charge in [-0.3, -0.25) is 0 Å². The summed E-state index contributed by atoms with van der Waals surface area (Å²) in [6.07, 6.45) is 0. The molecule has 1 aromatic carbocycles. The van der Waals surface area contributed by atoms with Crippen molar-refractivity contribution in [1.29, 1.82) is 0 Å². The minimum absolute atomic E-state index is 0.253. The molecule has 14 heavy (non-hydrogen) atoms. The van der Waals surface area contributed by atoms with E-state index in [1.54, 1.807) is 23.5 Å². The fraction of sp³-hybridized carbons (Fsp3) is 0.111. The van der Waals surface area contributed by atoms with Crippen molar-refractivity contribution in [3.63, 3.8) is 0 Å². The number of aryl methyl sites for hydroxylation is 1. The third-order valence-electron chi connectivity index (χ3n) is 1.81. The van der Waals surface area contributed by atoms with E-state index < -0.39 is 5.97 Å². The quantitative estimate of drug-likeness (QED) is 0.867. The molecular formula is C9H6BrNO2S. The van der Waals surface area contributed by atoms with Crippen LogP contribution in [0.2, 0.25) is 0 Å². The van der Waals surface area contributed by atoms with Gasteiger partial charge in [-0.25, -0.2) is 9.78 Å². The molecule has 1 heterocycles. The maximum atomic E-state index is 10.8.